The topological polar surface area (TPSA) is 85.3 Å². The van der Waals surface area contributed by atoms with Gasteiger partial charge >= 0.3 is 0 Å². The fraction of sp³-hybridized carbons (Fsp3) is 0.200. The van der Waals surface area contributed by atoms with E-state index in [9.17, 15) is 4.79 Å². The van der Waals surface area contributed by atoms with E-state index in [4.69, 9.17) is 8.94 Å². The number of furan rings is 1. The van der Waals surface area contributed by atoms with Gasteiger partial charge < -0.3 is 13.8 Å². The zero-order valence-corrected chi connectivity index (χ0v) is 11.5. The molecule has 1 amide bonds. The van der Waals surface area contributed by atoms with Gasteiger partial charge in [0.05, 0.1) is 12.2 Å². The fourth-order valence-electron chi connectivity index (χ4n) is 2.38. The van der Waals surface area contributed by atoms with Gasteiger partial charge in [-0.15, -0.1) is 0 Å². The lowest BCUT2D eigenvalue weighted by molar-refractivity contribution is 0.0537. The van der Waals surface area contributed by atoms with E-state index in [0.717, 1.165) is 5.56 Å². The van der Waals surface area contributed by atoms with Gasteiger partial charge in [-0.25, -0.2) is 0 Å². The molecule has 0 aliphatic carbocycles. The fourth-order valence-corrected chi connectivity index (χ4v) is 2.38. The van der Waals surface area contributed by atoms with E-state index in [1.165, 1.54) is 6.26 Å². The summed E-state index contributed by atoms with van der Waals surface area (Å²) >= 11 is 0. The van der Waals surface area contributed by atoms with Crippen LogP contribution in [0.25, 0.3) is 11.4 Å². The average Bonchev–Trinajstić information content (AvgIpc) is 3.18. The minimum Gasteiger partial charge on any atom is -0.459 e. The van der Waals surface area contributed by atoms with Crippen LogP contribution in [0.4, 0.5) is 0 Å². The van der Waals surface area contributed by atoms with Gasteiger partial charge in [-0.05, 0) is 24.3 Å². The molecule has 3 aromatic rings. The van der Waals surface area contributed by atoms with Crippen LogP contribution in [0.5, 0.6) is 0 Å². The van der Waals surface area contributed by atoms with E-state index in [1.54, 1.807) is 29.4 Å². The van der Waals surface area contributed by atoms with Gasteiger partial charge in [0, 0.05) is 31.0 Å². The molecule has 0 unspecified atom stereocenters. The predicted octanol–water partition coefficient (Wildman–Crippen LogP) is 1.96. The minimum absolute atomic E-state index is 0.0713. The number of pyridine rings is 1. The van der Waals surface area contributed by atoms with Crippen LogP contribution in [0, 0.1) is 0 Å². The highest BCUT2D eigenvalue weighted by Gasteiger charge is 2.36. The molecule has 7 heteroatoms. The smallest absolute Gasteiger partial charge is 0.289 e. The summed E-state index contributed by atoms with van der Waals surface area (Å²) < 4.78 is 10.4. The standard InChI is InChI=1S/C15H12N4O3/c20-15(12-2-1-7-21-12)19-8-11(9-19)14-17-13(18-22-14)10-3-5-16-6-4-10/h1-7,11H,8-9H2. The first-order chi connectivity index (χ1) is 10.8. The van der Waals surface area contributed by atoms with Crippen molar-refractivity contribution < 1.29 is 13.7 Å². The Morgan fingerprint density at radius 2 is 2.05 bits per heavy atom. The summed E-state index contributed by atoms with van der Waals surface area (Å²) in [4.78, 5) is 22.1. The maximum absolute atomic E-state index is 12.1. The Hall–Kier alpha value is -2.96. The third-order valence-corrected chi connectivity index (χ3v) is 3.63. The molecule has 1 saturated heterocycles. The Bertz CT molecular complexity index is 776. The van der Waals surface area contributed by atoms with E-state index in [2.05, 4.69) is 15.1 Å². The van der Waals surface area contributed by atoms with Crippen LogP contribution in [0.3, 0.4) is 0 Å². The average molecular weight is 296 g/mol. The maximum atomic E-state index is 12.1. The third kappa shape index (κ3) is 2.16. The minimum atomic E-state index is -0.116. The van der Waals surface area contributed by atoms with E-state index >= 15 is 0 Å². The zero-order valence-electron chi connectivity index (χ0n) is 11.5. The van der Waals surface area contributed by atoms with Crippen molar-refractivity contribution in [3.8, 4) is 11.4 Å². The highest BCUT2D eigenvalue weighted by Crippen LogP contribution is 2.28. The molecule has 0 N–H and O–H groups in total. The molecule has 110 valence electrons. The number of likely N-dealkylation sites (tertiary alicyclic amines) is 1. The van der Waals surface area contributed by atoms with Crippen LogP contribution in [-0.2, 0) is 0 Å². The van der Waals surface area contributed by atoms with Gasteiger partial charge in [-0.1, -0.05) is 5.16 Å². The molecule has 22 heavy (non-hydrogen) atoms. The quantitative estimate of drug-likeness (QED) is 0.734. The molecule has 1 aliphatic heterocycles. The van der Waals surface area contributed by atoms with Crippen molar-refractivity contribution in [1.29, 1.82) is 0 Å². The first-order valence-corrected chi connectivity index (χ1v) is 6.88. The summed E-state index contributed by atoms with van der Waals surface area (Å²) in [5, 5.41) is 3.97. The molecule has 3 aromatic heterocycles. The zero-order chi connectivity index (χ0) is 14.9. The van der Waals surface area contributed by atoms with Crippen LogP contribution < -0.4 is 0 Å². The Kier molecular flexibility index (Phi) is 2.96. The molecular formula is C15H12N4O3. The largest absolute Gasteiger partial charge is 0.459 e. The summed E-state index contributed by atoms with van der Waals surface area (Å²) in [7, 11) is 0. The van der Waals surface area contributed by atoms with Crippen molar-refractivity contribution in [2.75, 3.05) is 13.1 Å². The Labute approximate surface area is 125 Å². The molecule has 1 fully saturated rings. The summed E-state index contributed by atoms with van der Waals surface area (Å²) in [6.07, 6.45) is 4.85. The number of amides is 1. The summed E-state index contributed by atoms with van der Waals surface area (Å²) in [6.45, 7) is 1.11. The second kappa shape index (κ2) is 5.10. The monoisotopic (exact) mass is 296 g/mol. The van der Waals surface area contributed by atoms with Crippen molar-refractivity contribution >= 4 is 5.91 Å². The van der Waals surface area contributed by atoms with Gasteiger partial charge in [0.2, 0.25) is 11.7 Å². The number of hydrogen-bond acceptors (Lipinski definition) is 6. The molecule has 1 aliphatic rings. The first-order valence-electron chi connectivity index (χ1n) is 6.88. The molecule has 4 rings (SSSR count). The van der Waals surface area contributed by atoms with Crippen LogP contribution in [0.15, 0.2) is 51.9 Å². The SMILES string of the molecule is O=C(c1ccco1)N1CC(c2nc(-c3ccncc3)no2)C1. The molecule has 0 spiro atoms. The van der Waals surface area contributed by atoms with Crippen molar-refractivity contribution in [3.05, 3.63) is 54.6 Å². The van der Waals surface area contributed by atoms with Crippen LogP contribution in [0.1, 0.15) is 22.4 Å². The summed E-state index contributed by atoms with van der Waals surface area (Å²) in [5.41, 5.74) is 0.854. The molecule has 0 bridgehead atoms. The Balaban J connectivity index is 1.43. The summed E-state index contributed by atoms with van der Waals surface area (Å²) in [5.74, 6) is 1.39. The first kappa shape index (κ1) is 12.8. The van der Waals surface area contributed by atoms with Gasteiger partial charge in [-0.3, -0.25) is 9.78 Å². The lowest BCUT2D eigenvalue weighted by Gasteiger charge is -2.36. The van der Waals surface area contributed by atoms with E-state index in [-0.39, 0.29) is 11.8 Å². The highest BCUT2D eigenvalue weighted by molar-refractivity contribution is 5.92. The lowest BCUT2D eigenvalue weighted by Crippen LogP contribution is -2.48. The number of carbonyl (C=O) groups is 1. The molecule has 0 aromatic carbocycles. The molecule has 7 nitrogen and oxygen atoms in total. The van der Waals surface area contributed by atoms with Crippen molar-refractivity contribution in [2.24, 2.45) is 0 Å². The lowest BCUT2D eigenvalue weighted by atomic mass is 10.00. The van der Waals surface area contributed by atoms with Gasteiger partial charge in [-0.2, -0.15) is 4.98 Å². The van der Waals surface area contributed by atoms with Crippen molar-refractivity contribution in [2.45, 2.75) is 5.92 Å². The predicted molar refractivity (Wildman–Crippen MR) is 74.9 cm³/mol. The second-order valence-corrected chi connectivity index (χ2v) is 5.08. The maximum Gasteiger partial charge on any atom is 0.289 e. The third-order valence-electron chi connectivity index (χ3n) is 3.63. The molecule has 0 radical (unpaired) electrons. The van der Waals surface area contributed by atoms with Crippen molar-refractivity contribution in [1.82, 2.24) is 20.0 Å². The van der Waals surface area contributed by atoms with Gasteiger partial charge in [0.25, 0.3) is 5.91 Å². The van der Waals surface area contributed by atoms with Crippen LogP contribution >= 0.6 is 0 Å². The molecule has 0 atom stereocenters. The number of aromatic nitrogens is 3. The van der Waals surface area contributed by atoms with E-state index < -0.39 is 0 Å². The van der Waals surface area contributed by atoms with Crippen LogP contribution in [-0.4, -0.2) is 39.0 Å². The number of carbonyl (C=O) groups excluding carboxylic acids is 1. The van der Waals surface area contributed by atoms with Gasteiger partial charge in [0.15, 0.2) is 5.76 Å². The van der Waals surface area contributed by atoms with E-state index in [1.807, 2.05) is 12.1 Å². The number of nitrogens with zero attached hydrogens (tertiary/aromatic N) is 4. The molecule has 0 saturated carbocycles. The number of hydrogen-bond donors (Lipinski definition) is 0. The Morgan fingerprint density at radius 3 is 2.77 bits per heavy atom. The molecular weight excluding hydrogens is 284 g/mol. The van der Waals surface area contributed by atoms with Gasteiger partial charge in [0.1, 0.15) is 0 Å². The second-order valence-electron chi connectivity index (χ2n) is 5.08. The molecule has 4 heterocycles. The normalized spacial score (nSPS) is 14.8. The van der Waals surface area contributed by atoms with Crippen LogP contribution in [0.2, 0.25) is 0 Å². The Morgan fingerprint density at radius 1 is 1.23 bits per heavy atom. The van der Waals surface area contributed by atoms with E-state index in [0.29, 0.717) is 30.6 Å². The summed E-state index contributed by atoms with van der Waals surface area (Å²) in [6, 6.07) is 7.00. The number of rotatable bonds is 3. The van der Waals surface area contributed by atoms with Crippen molar-refractivity contribution in [3.63, 3.8) is 0 Å². The highest BCUT2D eigenvalue weighted by atomic mass is 16.5.